The van der Waals surface area contributed by atoms with Crippen LogP contribution in [0.15, 0.2) is 18.2 Å². The maximum absolute atomic E-state index is 12.4. The molecule has 2 amide bonds. The molecule has 2 N–H and O–H groups in total. The summed E-state index contributed by atoms with van der Waals surface area (Å²) < 4.78 is 5.15. The van der Waals surface area contributed by atoms with Crippen molar-refractivity contribution in [1.29, 1.82) is 0 Å². The van der Waals surface area contributed by atoms with Crippen LogP contribution in [0.2, 0.25) is 5.02 Å². The van der Waals surface area contributed by atoms with Crippen LogP contribution >= 0.6 is 11.6 Å². The molecule has 0 saturated carbocycles. The molecule has 1 aromatic carbocycles. The van der Waals surface area contributed by atoms with E-state index in [1.54, 1.807) is 25.3 Å². The van der Waals surface area contributed by atoms with Crippen molar-refractivity contribution in [3.05, 3.63) is 28.8 Å². The highest BCUT2D eigenvalue weighted by atomic mass is 35.5. The molecule has 1 fully saturated rings. The van der Waals surface area contributed by atoms with E-state index in [1.807, 2.05) is 20.8 Å². The second kappa shape index (κ2) is 9.42. The van der Waals surface area contributed by atoms with Crippen molar-refractivity contribution in [1.82, 2.24) is 15.5 Å². The highest BCUT2D eigenvalue weighted by Gasteiger charge is 2.23. The molecule has 6 nitrogen and oxygen atoms in total. The van der Waals surface area contributed by atoms with Gasteiger partial charge in [-0.15, -0.1) is 0 Å². The molecule has 1 aliphatic rings. The van der Waals surface area contributed by atoms with Gasteiger partial charge in [0, 0.05) is 22.7 Å². The van der Waals surface area contributed by atoms with Crippen LogP contribution in [0.5, 0.6) is 5.75 Å². The quantitative estimate of drug-likeness (QED) is 0.776. The molecule has 0 aromatic heterocycles. The van der Waals surface area contributed by atoms with E-state index >= 15 is 0 Å². The van der Waals surface area contributed by atoms with Gasteiger partial charge in [0.2, 0.25) is 5.91 Å². The van der Waals surface area contributed by atoms with E-state index in [-0.39, 0.29) is 17.4 Å². The van der Waals surface area contributed by atoms with Crippen molar-refractivity contribution in [2.75, 3.05) is 33.3 Å². The first-order chi connectivity index (χ1) is 12.7. The number of benzene rings is 1. The van der Waals surface area contributed by atoms with Crippen molar-refractivity contribution in [2.45, 2.75) is 39.2 Å². The SMILES string of the molecule is COc1cc(Cl)cc(C(=O)NCC2CCN(CC(=O)NC(C)(C)C)CC2)c1. The van der Waals surface area contributed by atoms with Gasteiger partial charge in [-0.3, -0.25) is 14.5 Å². The number of piperidine rings is 1. The molecule has 2 rings (SSSR count). The Bertz CT molecular complexity index is 665. The molecule has 1 heterocycles. The second-order valence-corrected chi connectivity index (χ2v) is 8.54. The fourth-order valence-corrected chi connectivity index (χ4v) is 3.39. The van der Waals surface area contributed by atoms with E-state index in [1.165, 1.54) is 0 Å². The molecule has 0 spiro atoms. The van der Waals surface area contributed by atoms with E-state index in [9.17, 15) is 9.59 Å². The number of carbonyl (C=O) groups excluding carboxylic acids is 2. The van der Waals surface area contributed by atoms with E-state index in [2.05, 4.69) is 15.5 Å². The first-order valence-electron chi connectivity index (χ1n) is 9.32. The summed E-state index contributed by atoms with van der Waals surface area (Å²) in [6.45, 7) is 8.72. The molecule has 150 valence electrons. The van der Waals surface area contributed by atoms with Crippen LogP contribution in [-0.4, -0.2) is 55.5 Å². The van der Waals surface area contributed by atoms with Gasteiger partial charge in [0.25, 0.3) is 5.91 Å². The minimum absolute atomic E-state index is 0.0594. The number of ether oxygens (including phenoxy) is 1. The lowest BCUT2D eigenvalue weighted by molar-refractivity contribution is -0.124. The topological polar surface area (TPSA) is 70.7 Å². The number of nitrogens with zero attached hydrogens (tertiary/aromatic N) is 1. The Morgan fingerprint density at radius 3 is 2.48 bits per heavy atom. The predicted molar refractivity (Wildman–Crippen MR) is 107 cm³/mol. The molecule has 0 radical (unpaired) electrons. The van der Waals surface area contributed by atoms with Gasteiger partial charge in [-0.2, -0.15) is 0 Å². The number of halogens is 1. The van der Waals surface area contributed by atoms with Gasteiger partial charge in [0.15, 0.2) is 0 Å². The summed E-state index contributed by atoms with van der Waals surface area (Å²) in [6, 6.07) is 4.98. The number of likely N-dealkylation sites (tertiary alicyclic amines) is 1. The number of hydrogen-bond acceptors (Lipinski definition) is 4. The fourth-order valence-electron chi connectivity index (χ4n) is 3.16. The Morgan fingerprint density at radius 1 is 1.22 bits per heavy atom. The third-order valence-electron chi connectivity index (χ3n) is 4.51. The van der Waals surface area contributed by atoms with Gasteiger partial charge in [0.1, 0.15) is 5.75 Å². The molecule has 27 heavy (non-hydrogen) atoms. The summed E-state index contributed by atoms with van der Waals surface area (Å²) in [5.74, 6) is 0.887. The lowest BCUT2D eigenvalue weighted by Crippen LogP contribution is -2.48. The zero-order valence-electron chi connectivity index (χ0n) is 16.6. The first kappa shape index (κ1) is 21.5. The van der Waals surface area contributed by atoms with Crippen molar-refractivity contribution >= 4 is 23.4 Å². The van der Waals surface area contributed by atoms with Crippen LogP contribution in [0, 0.1) is 5.92 Å². The smallest absolute Gasteiger partial charge is 0.251 e. The minimum Gasteiger partial charge on any atom is -0.497 e. The highest BCUT2D eigenvalue weighted by Crippen LogP contribution is 2.21. The molecular weight excluding hydrogens is 366 g/mol. The van der Waals surface area contributed by atoms with E-state index in [0.29, 0.717) is 35.3 Å². The van der Waals surface area contributed by atoms with E-state index in [0.717, 1.165) is 25.9 Å². The van der Waals surface area contributed by atoms with Crippen molar-refractivity contribution in [2.24, 2.45) is 5.92 Å². The predicted octanol–water partition coefficient (Wildman–Crippen LogP) is 2.71. The molecule has 1 aliphatic heterocycles. The number of carbonyl (C=O) groups is 2. The van der Waals surface area contributed by atoms with Crippen molar-refractivity contribution < 1.29 is 14.3 Å². The van der Waals surface area contributed by atoms with Crippen LogP contribution < -0.4 is 15.4 Å². The zero-order valence-corrected chi connectivity index (χ0v) is 17.4. The molecule has 0 aliphatic carbocycles. The van der Waals surface area contributed by atoms with Crippen molar-refractivity contribution in [3.8, 4) is 5.75 Å². The lowest BCUT2D eigenvalue weighted by atomic mass is 9.96. The summed E-state index contributed by atoms with van der Waals surface area (Å²) in [7, 11) is 1.54. The zero-order chi connectivity index (χ0) is 20.0. The average molecular weight is 396 g/mol. The molecule has 7 heteroatoms. The Balaban J connectivity index is 1.75. The fraction of sp³-hybridized carbons (Fsp3) is 0.600. The standard InChI is InChI=1S/C20H30ClN3O3/c1-20(2,3)23-18(25)13-24-7-5-14(6-8-24)12-22-19(26)15-9-16(21)11-17(10-15)27-4/h9-11,14H,5-8,12-13H2,1-4H3,(H,22,26)(H,23,25). The van der Waals surface area contributed by atoms with E-state index in [4.69, 9.17) is 16.3 Å². The summed E-state index contributed by atoms with van der Waals surface area (Å²) in [5.41, 5.74) is 0.290. The normalized spacial score (nSPS) is 16.0. The number of amides is 2. The van der Waals surface area contributed by atoms with Gasteiger partial charge in [0.05, 0.1) is 13.7 Å². The Morgan fingerprint density at radius 2 is 1.89 bits per heavy atom. The van der Waals surface area contributed by atoms with Crippen LogP contribution in [0.3, 0.4) is 0 Å². The third-order valence-corrected chi connectivity index (χ3v) is 4.73. The summed E-state index contributed by atoms with van der Waals surface area (Å²) >= 11 is 6.02. The summed E-state index contributed by atoms with van der Waals surface area (Å²) in [4.78, 5) is 26.6. The van der Waals surface area contributed by atoms with Gasteiger partial charge in [-0.25, -0.2) is 0 Å². The van der Waals surface area contributed by atoms with E-state index < -0.39 is 0 Å². The number of methoxy groups -OCH3 is 1. The van der Waals surface area contributed by atoms with Gasteiger partial charge in [-0.05, 0) is 70.8 Å². The Hall–Kier alpha value is -1.79. The summed E-state index contributed by atoms with van der Waals surface area (Å²) in [5, 5.41) is 6.45. The second-order valence-electron chi connectivity index (χ2n) is 8.11. The number of rotatable bonds is 6. The number of nitrogens with one attached hydrogen (secondary N) is 2. The Kier molecular flexibility index (Phi) is 7.50. The van der Waals surface area contributed by atoms with Crippen LogP contribution in [-0.2, 0) is 4.79 Å². The van der Waals surface area contributed by atoms with Gasteiger partial charge < -0.3 is 15.4 Å². The maximum atomic E-state index is 12.4. The number of hydrogen-bond donors (Lipinski definition) is 2. The minimum atomic E-state index is -0.206. The maximum Gasteiger partial charge on any atom is 0.251 e. The monoisotopic (exact) mass is 395 g/mol. The largest absolute Gasteiger partial charge is 0.497 e. The molecule has 0 bridgehead atoms. The molecule has 0 unspecified atom stereocenters. The van der Waals surface area contributed by atoms with Crippen LogP contribution in [0.4, 0.5) is 0 Å². The van der Waals surface area contributed by atoms with Gasteiger partial charge >= 0.3 is 0 Å². The third kappa shape index (κ3) is 7.39. The summed E-state index contributed by atoms with van der Waals surface area (Å²) in [6.07, 6.45) is 1.92. The van der Waals surface area contributed by atoms with Crippen molar-refractivity contribution in [3.63, 3.8) is 0 Å². The van der Waals surface area contributed by atoms with Crippen LogP contribution in [0.25, 0.3) is 0 Å². The molecule has 1 saturated heterocycles. The van der Waals surface area contributed by atoms with Gasteiger partial charge in [-0.1, -0.05) is 11.6 Å². The Labute approximate surface area is 166 Å². The molecule has 1 aromatic rings. The van der Waals surface area contributed by atoms with Crippen LogP contribution in [0.1, 0.15) is 44.0 Å². The first-order valence-corrected chi connectivity index (χ1v) is 9.70. The lowest BCUT2D eigenvalue weighted by Gasteiger charge is -2.32. The highest BCUT2D eigenvalue weighted by molar-refractivity contribution is 6.31. The molecular formula is C20H30ClN3O3. The average Bonchev–Trinajstić information content (AvgIpc) is 2.58. The molecule has 0 atom stereocenters.